The van der Waals surface area contributed by atoms with Gasteiger partial charge in [-0.15, -0.1) is 0 Å². The molecule has 17 heavy (non-hydrogen) atoms. The Hall–Kier alpha value is -2.02. The monoisotopic (exact) mass is 258 g/mol. The van der Waals surface area contributed by atoms with Crippen molar-refractivity contribution in [1.29, 1.82) is 0 Å². The Bertz CT molecular complexity index is 438. The molecule has 1 aromatic rings. The van der Waals surface area contributed by atoms with E-state index >= 15 is 0 Å². The number of amides is 2. The maximum absolute atomic E-state index is 10.7. The molecule has 0 aliphatic heterocycles. The third kappa shape index (κ3) is 4.15. The van der Waals surface area contributed by atoms with Gasteiger partial charge in [-0.05, 0) is 12.1 Å². The molecule has 4 N–H and O–H groups in total. The smallest absolute Gasteiger partial charge is 0.312 e. The number of nitrogens with two attached hydrogens (primary N) is 1. The van der Waals surface area contributed by atoms with E-state index in [-0.39, 0.29) is 12.2 Å². The van der Waals surface area contributed by atoms with Crippen LogP contribution in [0.2, 0.25) is 5.02 Å². The number of nitrogens with one attached hydrogen (secondary N) is 2. The standard InChI is InChI=1S/C9H11ClN4O3/c10-6-1-2-8(14(16)17)7(5-6)12-3-4-13-9(11)15/h1-2,5,12H,3-4H2,(H3,11,13,15). The molecule has 0 aliphatic rings. The molecule has 1 rings (SSSR count). The largest absolute Gasteiger partial charge is 0.378 e. The van der Waals surface area contributed by atoms with Crippen LogP contribution in [0, 0.1) is 10.1 Å². The average molecular weight is 259 g/mol. The minimum Gasteiger partial charge on any atom is -0.378 e. The molecule has 92 valence electrons. The highest BCUT2D eigenvalue weighted by molar-refractivity contribution is 6.31. The van der Waals surface area contributed by atoms with Gasteiger partial charge in [0.1, 0.15) is 5.69 Å². The number of benzene rings is 1. The zero-order valence-electron chi connectivity index (χ0n) is 8.77. The highest BCUT2D eigenvalue weighted by Crippen LogP contribution is 2.27. The van der Waals surface area contributed by atoms with E-state index in [1.807, 2.05) is 0 Å². The normalized spacial score (nSPS) is 9.71. The van der Waals surface area contributed by atoms with E-state index in [0.717, 1.165) is 0 Å². The summed E-state index contributed by atoms with van der Waals surface area (Å²) in [6.07, 6.45) is 0. The van der Waals surface area contributed by atoms with Gasteiger partial charge >= 0.3 is 6.03 Å². The van der Waals surface area contributed by atoms with Crippen LogP contribution < -0.4 is 16.4 Å². The summed E-state index contributed by atoms with van der Waals surface area (Å²) in [4.78, 5) is 20.6. The second kappa shape index (κ2) is 5.90. The lowest BCUT2D eigenvalue weighted by Gasteiger charge is -2.07. The van der Waals surface area contributed by atoms with Gasteiger partial charge in [-0.25, -0.2) is 4.79 Å². The van der Waals surface area contributed by atoms with Gasteiger partial charge in [-0.3, -0.25) is 10.1 Å². The lowest BCUT2D eigenvalue weighted by atomic mass is 10.2. The molecule has 0 aliphatic carbocycles. The first kappa shape index (κ1) is 13.0. The summed E-state index contributed by atoms with van der Waals surface area (Å²) in [6, 6.07) is 3.55. The number of nitrogens with zero attached hydrogens (tertiary/aromatic N) is 1. The van der Waals surface area contributed by atoms with E-state index in [0.29, 0.717) is 17.3 Å². The van der Waals surface area contributed by atoms with Crippen LogP contribution in [0.1, 0.15) is 0 Å². The first-order valence-corrected chi connectivity index (χ1v) is 5.09. The number of carbonyl (C=O) groups excluding carboxylic acids is 1. The summed E-state index contributed by atoms with van der Waals surface area (Å²) < 4.78 is 0. The molecular weight excluding hydrogens is 248 g/mol. The first-order chi connectivity index (χ1) is 8.00. The average Bonchev–Trinajstić information content (AvgIpc) is 2.23. The number of urea groups is 1. The van der Waals surface area contributed by atoms with E-state index < -0.39 is 11.0 Å². The molecule has 0 unspecified atom stereocenters. The fraction of sp³-hybridized carbons (Fsp3) is 0.222. The molecule has 0 atom stereocenters. The second-order valence-electron chi connectivity index (χ2n) is 3.14. The number of anilines is 1. The van der Waals surface area contributed by atoms with Crippen LogP contribution in [0.15, 0.2) is 18.2 Å². The number of hydrogen-bond acceptors (Lipinski definition) is 4. The van der Waals surface area contributed by atoms with Crippen molar-refractivity contribution in [1.82, 2.24) is 5.32 Å². The molecule has 0 spiro atoms. The van der Waals surface area contributed by atoms with Crippen molar-refractivity contribution in [2.75, 3.05) is 18.4 Å². The topological polar surface area (TPSA) is 110 Å². The Labute approximate surface area is 102 Å². The second-order valence-corrected chi connectivity index (χ2v) is 3.57. The molecule has 0 heterocycles. The number of carbonyl (C=O) groups is 1. The van der Waals surface area contributed by atoms with Crippen LogP contribution in [0.25, 0.3) is 0 Å². The van der Waals surface area contributed by atoms with E-state index in [1.54, 1.807) is 0 Å². The first-order valence-electron chi connectivity index (χ1n) is 4.72. The van der Waals surface area contributed by atoms with Crippen LogP contribution in [0.5, 0.6) is 0 Å². The van der Waals surface area contributed by atoms with E-state index in [1.165, 1.54) is 18.2 Å². The number of rotatable bonds is 5. The van der Waals surface area contributed by atoms with Gasteiger partial charge in [0.2, 0.25) is 0 Å². The van der Waals surface area contributed by atoms with E-state index in [2.05, 4.69) is 10.6 Å². The highest BCUT2D eigenvalue weighted by Gasteiger charge is 2.13. The van der Waals surface area contributed by atoms with Crippen LogP contribution in [0.4, 0.5) is 16.2 Å². The molecule has 0 saturated carbocycles. The Balaban J connectivity index is 2.65. The van der Waals surface area contributed by atoms with Gasteiger partial charge in [0.15, 0.2) is 0 Å². The summed E-state index contributed by atoms with van der Waals surface area (Å²) in [5.74, 6) is 0. The van der Waals surface area contributed by atoms with Crippen LogP contribution in [-0.4, -0.2) is 24.0 Å². The number of hydrogen-bond donors (Lipinski definition) is 3. The molecule has 0 bridgehead atoms. The molecular formula is C9H11ClN4O3. The van der Waals surface area contributed by atoms with E-state index in [4.69, 9.17) is 17.3 Å². The van der Waals surface area contributed by atoms with Gasteiger partial charge in [-0.1, -0.05) is 11.6 Å². The molecule has 0 saturated heterocycles. The Morgan fingerprint density at radius 3 is 2.76 bits per heavy atom. The lowest BCUT2D eigenvalue weighted by molar-refractivity contribution is -0.384. The fourth-order valence-corrected chi connectivity index (χ4v) is 1.36. The number of nitro benzene ring substituents is 1. The zero-order valence-corrected chi connectivity index (χ0v) is 9.53. The maximum atomic E-state index is 10.7. The Morgan fingerprint density at radius 2 is 2.18 bits per heavy atom. The molecule has 0 aromatic heterocycles. The van der Waals surface area contributed by atoms with Crippen molar-refractivity contribution >= 4 is 29.0 Å². The molecule has 0 radical (unpaired) electrons. The molecule has 0 fully saturated rings. The molecule has 8 heteroatoms. The molecule has 1 aromatic carbocycles. The van der Waals surface area contributed by atoms with Crippen molar-refractivity contribution in [2.24, 2.45) is 5.73 Å². The third-order valence-electron chi connectivity index (χ3n) is 1.89. The van der Waals surface area contributed by atoms with Gasteiger partial charge < -0.3 is 16.4 Å². The molecule has 7 nitrogen and oxygen atoms in total. The lowest BCUT2D eigenvalue weighted by Crippen LogP contribution is -2.33. The Kier molecular flexibility index (Phi) is 4.53. The predicted octanol–water partition coefficient (Wildman–Crippen LogP) is 1.33. The number of halogens is 1. The van der Waals surface area contributed by atoms with Gasteiger partial charge in [-0.2, -0.15) is 0 Å². The van der Waals surface area contributed by atoms with Crippen molar-refractivity contribution in [3.05, 3.63) is 33.3 Å². The summed E-state index contributed by atoms with van der Waals surface area (Å²) in [7, 11) is 0. The van der Waals surface area contributed by atoms with Gasteiger partial charge in [0, 0.05) is 24.2 Å². The minimum absolute atomic E-state index is 0.0755. The summed E-state index contributed by atoms with van der Waals surface area (Å²) in [5, 5.41) is 16.2. The van der Waals surface area contributed by atoms with Crippen molar-refractivity contribution < 1.29 is 9.72 Å². The van der Waals surface area contributed by atoms with Gasteiger partial charge in [0.25, 0.3) is 5.69 Å². The molecule has 2 amide bonds. The summed E-state index contributed by atoms with van der Waals surface area (Å²) in [5.41, 5.74) is 5.09. The minimum atomic E-state index is -0.646. The van der Waals surface area contributed by atoms with Crippen LogP contribution in [0.3, 0.4) is 0 Å². The van der Waals surface area contributed by atoms with Gasteiger partial charge in [0.05, 0.1) is 4.92 Å². The highest BCUT2D eigenvalue weighted by atomic mass is 35.5. The van der Waals surface area contributed by atoms with Crippen molar-refractivity contribution in [3.8, 4) is 0 Å². The van der Waals surface area contributed by atoms with Crippen molar-refractivity contribution in [2.45, 2.75) is 0 Å². The maximum Gasteiger partial charge on any atom is 0.312 e. The number of primary amides is 1. The van der Waals surface area contributed by atoms with E-state index in [9.17, 15) is 14.9 Å². The summed E-state index contributed by atoms with van der Waals surface area (Å²) in [6.45, 7) is 0.573. The SMILES string of the molecule is NC(=O)NCCNc1cc(Cl)ccc1[N+](=O)[O-]. The summed E-state index contributed by atoms with van der Waals surface area (Å²) >= 11 is 5.73. The van der Waals surface area contributed by atoms with Crippen LogP contribution in [-0.2, 0) is 0 Å². The fourth-order valence-electron chi connectivity index (χ4n) is 1.19. The Morgan fingerprint density at radius 1 is 1.47 bits per heavy atom. The third-order valence-corrected chi connectivity index (χ3v) is 2.13. The quantitative estimate of drug-likeness (QED) is 0.420. The predicted molar refractivity (Wildman–Crippen MR) is 64.2 cm³/mol. The van der Waals surface area contributed by atoms with Crippen LogP contribution >= 0.6 is 11.6 Å². The number of nitro groups is 1. The zero-order chi connectivity index (χ0) is 12.8. The van der Waals surface area contributed by atoms with Crippen molar-refractivity contribution in [3.63, 3.8) is 0 Å².